The summed E-state index contributed by atoms with van der Waals surface area (Å²) in [7, 11) is 0. The molecule has 0 aromatic heterocycles. The van der Waals surface area contributed by atoms with Crippen molar-refractivity contribution in [3.05, 3.63) is 29.6 Å². The van der Waals surface area contributed by atoms with Crippen LogP contribution in [0.2, 0.25) is 0 Å². The quantitative estimate of drug-likeness (QED) is 0.624. The van der Waals surface area contributed by atoms with Crippen LogP contribution in [0.25, 0.3) is 0 Å². The van der Waals surface area contributed by atoms with Gasteiger partial charge in [0.05, 0.1) is 6.54 Å². The van der Waals surface area contributed by atoms with E-state index >= 15 is 0 Å². The molecule has 1 heterocycles. The summed E-state index contributed by atoms with van der Waals surface area (Å²) in [6.07, 6.45) is 1.37. The van der Waals surface area contributed by atoms with Crippen LogP contribution in [0.15, 0.2) is 18.2 Å². The Balaban J connectivity index is 2.19. The van der Waals surface area contributed by atoms with Crippen LogP contribution in [0.4, 0.5) is 10.1 Å². The number of nitrogens with zero attached hydrogens (tertiary/aromatic N) is 1. The van der Waals surface area contributed by atoms with E-state index in [0.717, 1.165) is 0 Å². The minimum absolute atomic E-state index is 0.129. The summed E-state index contributed by atoms with van der Waals surface area (Å²) in [5.41, 5.74) is 6.49. The molecular weight excluding hydrogens is 223 g/mol. The monoisotopic (exact) mass is 236 g/mol. The van der Waals surface area contributed by atoms with Crippen molar-refractivity contribution in [2.24, 2.45) is 0 Å². The number of imide groups is 1. The number of hydrogen-bond donors (Lipinski definition) is 1. The van der Waals surface area contributed by atoms with Crippen LogP contribution in [-0.2, 0) is 16.1 Å². The Labute approximate surface area is 98.2 Å². The number of carbonyl (C=O) groups excluding carboxylic acids is 2. The van der Waals surface area contributed by atoms with Gasteiger partial charge in [0.2, 0.25) is 11.8 Å². The normalized spacial score (nSPS) is 16.4. The highest BCUT2D eigenvalue weighted by Crippen LogP contribution is 2.20. The fourth-order valence-corrected chi connectivity index (χ4v) is 1.86. The molecule has 0 spiro atoms. The van der Waals surface area contributed by atoms with Crippen LogP contribution < -0.4 is 5.73 Å². The van der Waals surface area contributed by atoms with Crippen molar-refractivity contribution in [2.75, 3.05) is 5.73 Å². The van der Waals surface area contributed by atoms with E-state index < -0.39 is 5.82 Å². The van der Waals surface area contributed by atoms with Gasteiger partial charge in [-0.1, -0.05) is 6.07 Å². The van der Waals surface area contributed by atoms with Crippen LogP contribution in [0.5, 0.6) is 0 Å². The zero-order valence-corrected chi connectivity index (χ0v) is 9.28. The van der Waals surface area contributed by atoms with E-state index in [1.165, 1.54) is 23.1 Å². The second-order valence-corrected chi connectivity index (χ2v) is 4.07. The second-order valence-electron chi connectivity index (χ2n) is 4.07. The first-order valence-corrected chi connectivity index (χ1v) is 5.45. The molecule has 1 fully saturated rings. The third-order valence-electron chi connectivity index (χ3n) is 2.82. The molecule has 4 nitrogen and oxygen atoms in total. The molecule has 0 atom stereocenters. The van der Waals surface area contributed by atoms with Gasteiger partial charge in [-0.05, 0) is 24.1 Å². The summed E-state index contributed by atoms with van der Waals surface area (Å²) in [4.78, 5) is 24.3. The predicted octanol–water partition coefficient (Wildman–Crippen LogP) is 1.45. The lowest BCUT2D eigenvalue weighted by Crippen LogP contribution is -2.39. The Morgan fingerprint density at radius 1 is 1.24 bits per heavy atom. The van der Waals surface area contributed by atoms with E-state index in [9.17, 15) is 14.0 Å². The van der Waals surface area contributed by atoms with E-state index in [0.29, 0.717) is 24.8 Å². The van der Waals surface area contributed by atoms with Gasteiger partial charge >= 0.3 is 0 Å². The molecule has 0 bridgehead atoms. The number of rotatable bonds is 2. The smallest absolute Gasteiger partial charge is 0.229 e. The fourth-order valence-electron chi connectivity index (χ4n) is 1.86. The summed E-state index contributed by atoms with van der Waals surface area (Å²) in [6.45, 7) is 0.129. The Kier molecular flexibility index (Phi) is 3.08. The maximum Gasteiger partial charge on any atom is 0.229 e. The Hall–Kier alpha value is -1.91. The number of carbonyl (C=O) groups is 2. The lowest BCUT2D eigenvalue weighted by molar-refractivity contribution is -0.148. The van der Waals surface area contributed by atoms with Gasteiger partial charge in [-0.3, -0.25) is 14.5 Å². The molecule has 1 aromatic rings. The Bertz CT molecular complexity index is 458. The highest BCUT2D eigenvalue weighted by Gasteiger charge is 2.26. The van der Waals surface area contributed by atoms with E-state index in [1.807, 2.05) is 0 Å². The van der Waals surface area contributed by atoms with Crippen molar-refractivity contribution in [1.29, 1.82) is 0 Å². The van der Waals surface area contributed by atoms with Crippen LogP contribution in [0.1, 0.15) is 24.8 Å². The molecule has 0 unspecified atom stereocenters. The van der Waals surface area contributed by atoms with Crippen molar-refractivity contribution >= 4 is 17.5 Å². The average molecular weight is 236 g/mol. The number of likely N-dealkylation sites (tertiary alicyclic amines) is 1. The van der Waals surface area contributed by atoms with E-state index in [-0.39, 0.29) is 24.0 Å². The topological polar surface area (TPSA) is 63.4 Å². The molecule has 0 saturated carbocycles. The number of hydrogen-bond acceptors (Lipinski definition) is 3. The van der Waals surface area contributed by atoms with Gasteiger partial charge in [0.25, 0.3) is 0 Å². The highest BCUT2D eigenvalue weighted by atomic mass is 19.1. The summed E-state index contributed by atoms with van der Waals surface area (Å²) in [5.74, 6) is -0.808. The van der Waals surface area contributed by atoms with E-state index in [4.69, 9.17) is 5.73 Å². The first-order chi connectivity index (χ1) is 8.08. The van der Waals surface area contributed by atoms with E-state index in [1.54, 1.807) is 0 Å². The van der Waals surface area contributed by atoms with Crippen LogP contribution >= 0.6 is 0 Å². The largest absolute Gasteiger partial charge is 0.398 e. The van der Waals surface area contributed by atoms with Crippen molar-refractivity contribution in [3.8, 4) is 0 Å². The lowest BCUT2D eigenvalue weighted by atomic mass is 10.1. The third-order valence-corrected chi connectivity index (χ3v) is 2.82. The molecule has 17 heavy (non-hydrogen) atoms. The summed E-state index contributed by atoms with van der Waals surface area (Å²) >= 11 is 0. The van der Waals surface area contributed by atoms with Crippen molar-refractivity contribution in [3.63, 3.8) is 0 Å². The number of anilines is 1. The maximum absolute atomic E-state index is 12.9. The molecular formula is C12H13FN2O2. The zero-order valence-electron chi connectivity index (χ0n) is 9.28. The minimum atomic E-state index is -0.428. The fraction of sp³-hybridized carbons (Fsp3) is 0.333. The lowest BCUT2D eigenvalue weighted by Gasteiger charge is -2.25. The van der Waals surface area contributed by atoms with Crippen molar-refractivity contribution in [2.45, 2.75) is 25.8 Å². The number of nitrogens with two attached hydrogens (primary N) is 1. The molecule has 1 aromatic carbocycles. The molecule has 5 heteroatoms. The standard InChI is InChI=1S/C12H13FN2O2/c13-9-5-4-8(10(14)6-9)7-15-11(16)2-1-3-12(15)17/h4-6H,1-3,7,14H2. The average Bonchev–Trinajstić information content (AvgIpc) is 2.26. The van der Waals surface area contributed by atoms with Crippen LogP contribution in [0, 0.1) is 5.82 Å². The first-order valence-electron chi connectivity index (χ1n) is 5.45. The number of benzene rings is 1. The summed E-state index contributed by atoms with van der Waals surface area (Å²) in [5, 5.41) is 0. The molecule has 1 aliphatic rings. The summed E-state index contributed by atoms with van der Waals surface area (Å²) < 4.78 is 12.9. The van der Waals surface area contributed by atoms with Gasteiger partial charge in [-0.2, -0.15) is 0 Å². The first kappa shape index (κ1) is 11.6. The van der Waals surface area contributed by atoms with Crippen molar-refractivity contribution in [1.82, 2.24) is 4.90 Å². The molecule has 1 aliphatic heterocycles. The molecule has 0 radical (unpaired) electrons. The Morgan fingerprint density at radius 3 is 2.47 bits per heavy atom. The summed E-state index contributed by atoms with van der Waals surface area (Å²) in [6, 6.07) is 3.96. The number of piperidine rings is 1. The molecule has 2 rings (SSSR count). The zero-order chi connectivity index (χ0) is 12.4. The van der Waals surface area contributed by atoms with Gasteiger partial charge in [0, 0.05) is 18.5 Å². The van der Waals surface area contributed by atoms with Crippen LogP contribution in [-0.4, -0.2) is 16.7 Å². The highest BCUT2D eigenvalue weighted by molar-refractivity contribution is 5.97. The SMILES string of the molecule is Nc1cc(F)ccc1CN1C(=O)CCCC1=O. The van der Waals surface area contributed by atoms with Gasteiger partial charge in [-0.25, -0.2) is 4.39 Å². The third kappa shape index (κ3) is 2.43. The Morgan fingerprint density at radius 2 is 1.88 bits per heavy atom. The molecule has 2 N–H and O–H groups in total. The van der Waals surface area contributed by atoms with Gasteiger partial charge < -0.3 is 5.73 Å². The van der Waals surface area contributed by atoms with Gasteiger partial charge in [-0.15, -0.1) is 0 Å². The minimum Gasteiger partial charge on any atom is -0.398 e. The number of halogens is 1. The van der Waals surface area contributed by atoms with Gasteiger partial charge in [0.1, 0.15) is 5.82 Å². The molecule has 2 amide bonds. The second kappa shape index (κ2) is 4.53. The number of nitrogen functional groups attached to an aromatic ring is 1. The molecule has 90 valence electrons. The van der Waals surface area contributed by atoms with E-state index in [2.05, 4.69) is 0 Å². The predicted molar refractivity (Wildman–Crippen MR) is 60.2 cm³/mol. The molecule has 1 saturated heterocycles. The maximum atomic E-state index is 12.9. The molecule has 0 aliphatic carbocycles. The van der Waals surface area contributed by atoms with Crippen LogP contribution in [0.3, 0.4) is 0 Å². The van der Waals surface area contributed by atoms with Crippen molar-refractivity contribution < 1.29 is 14.0 Å². The number of amides is 2. The van der Waals surface area contributed by atoms with Gasteiger partial charge in [0.15, 0.2) is 0 Å².